The molecule has 0 fully saturated rings. The van der Waals surface area contributed by atoms with E-state index in [0.717, 1.165) is 16.5 Å². The van der Waals surface area contributed by atoms with Gasteiger partial charge in [-0.2, -0.15) is 0 Å². The summed E-state index contributed by atoms with van der Waals surface area (Å²) in [5.41, 5.74) is 6.60. The quantitative estimate of drug-likeness (QED) is 0.815. The molecule has 4 nitrogen and oxygen atoms in total. The summed E-state index contributed by atoms with van der Waals surface area (Å²) in [6, 6.07) is 5.68. The van der Waals surface area contributed by atoms with E-state index in [4.69, 9.17) is 15.2 Å². The number of halogens is 1. The Hall–Kier alpha value is -1.07. The van der Waals surface area contributed by atoms with Gasteiger partial charge in [0.15, 0.2) is 6.61 Å². The van der Waals surface area contributed by atoms with Crippen molar-refractivity contribution < 1.29 is 14.3 Å². The highest BCUT2D eigenvalue weighted by atomic mass is 79.9. The van der Waals surface area contributed by atoms with Crippen molar-refractivity contribution in [3.05, 3.63) is 28.2 Å². The topological polar surface area (TPSA) is 61.5 Å². The van der Waals surface area contributed by atoms with Crippen LogP contribution in [0, 0.1) is 0 Å². The fourth-order valence-corrected chi connectivity index (χ4v) is 1.86. The lowest BCUT2D eigenvalue weighted by Crippen LogP contribution is -2.14. The molecule has 1 aromatic rings. The molecule has 0 atom stereocenters. The third-order valence-corrected chi connectivity index (χ3v) is 2.70. The minimum atomic E-state index is -0.370. The maximum Gasteiger partial charge on any atom is 0.344 e. The summed E-state index contributed by atoms with van der Waals surface area (Å²) in [7, 11) is 0. The second-order valence-electron chi connectivity index (χ2n) is 3.40. The van der Waals surface area contributed by atoms with Gasteiger partial charge in [0.25, 0.3) is 0 Å². The molecule has 1 aromatic carbocycles. The van der Waals surface area contributed by atoms with Crippen LogP contribution in [-0.4, -0.2) is 25.7 Å². The summed E-state index contributed by atoms with van der Waals surface area (Å²) in [5.74, 6) is 0.254. The largest absolute Gasteiger partial charge is 0.481 e. The van der Waals surface area contributed by atoms with Crippen LogP contribution in [-0.2, 0) is 16.0 Å². The molecule has 0 heterocycles. The van der Waals surface area contributed by atoms with Crippen molar-refractivity contribution in [3.63, 3.8) is 0 Å². The van der Waals surface area contributed by atoms with E-state index in [-0.39, 0.29) is 12.6 Å². The average Bonchev–Trinajstić information content (AvgIpc) is 2.29. The second kappa shape index (κ2) is 7.29. The minimum Gasteiger partial charge on any atom is -0.481 e. The summed E-state index contributed by atoms with van der Waals surface area (Å²) in [4.78, 5) is 11.1. The van der Waals surface area contributed by atoms with E-state index in [9.17, 15) is 4.79 Å². The molecule has 0 bridgehead atoms. The summed E-state index contributed by atoms with van der Waals surface area (Å²) < 4.78 is 10.9. The first-order valence-corrected chi connectivity index (χ1v) is 6.23. The number of esters is 1. The number of rotatable bonds is 6. The number of carbonyl (C=O) groups excluding carboxylic acids is 1. The third kappa shape index (κ3) is 4.75. The Morgan fingerprint density at radius 3 is 2.82 bits per heavy atom. The summed E-state index contributed by atoms with van der Waals surface area (Å²) in [6.45, 7) is 2.65. The molecular formula is C12H16BrNO3. The number of nitrogens with two attached hydrogens (primary N) is 1. The SMILES string of the molecule is CCOC(=O)COc1ccc(CCN)cc1Br. The zero-order valence-corrected chi connectivity index (χ0v) is 11.3. The second-order valence-corrected chi connectivity index (χ2v) is 4.25. The number of hydrogen-bond donors (Lipinski definition) is 1. The summed E-state index contributed by atoms with van der Waals surface area (Å²) >= 11 is 3.39. The first kappa shape index (κ1) is 14.0. The van der Waals surface area contributed by atoms with Crippen molar-refractivity contribution in [1.29, 1.82) is 0 Å². The van der Waals surface area contributed by atoms with Crippen molar-refractivity contribution in [1.82, 2.24) is 0 Å². The van der Waals surface area contributed by atoms with Gasteiger partial charge in [-0.05, 0) is 53.5 Å². The molecule has 0 aliphatic carbocycles. The zero-order chi connectivity index (χ0) is 12.7. The molecule has 0 amide bonds. The van der Waals surface area contributed by atoms with Gasteiger partial charge in [0.1, 0.15) is 5.75 Å². The van der Waals surface area contributed by atoms with E-state index in [1.165, 1.54) is 0 Å². The summed E-state index contributed by atoms with van der Waals surface area (Å²) in [5, 5.41) is 0. The monoisotopic (exact) mass is 301 g/mol. The van der Waals surface area contributed by atoms with Crippen LogP contribution >= 0.6 is 15.9 Å². The fourth-order valence-electron chi connectivity index (χ4n) is 1.32. The molecule has 0 saturated carbocycles. The molecule has 0 aromatic heterocycles. The third-order valence-electron chi connectivity index (χ3n) is 2.08. The van der Waals surface area contributed by atoms with Gasteiger partial charge in [0, 0.05) is 0 Å². The van der Waals surface area contributed by atoms with E-state index in [1.807, 2.05) is 18.2 Å². The van der Waals surface area contributed by atoms with Crippen molar-refractivity contribution in [2.24, 2.45) is 5.73 Å². The lowest BCUT2D eigenvalue weighted by Gasteiger charge is -2.09. The molecule has 5 heteroatoms. The number of carbonyl (C=O) groups is 1. The Morgan fingerprint density at radius 1 is 1.47 bits per heavy atom. The Kier molecular flexibility index (Phi) is 6.00. The van der Waals surface area contributed by atoms with Crippen LogP contribution in [0.5, 0.6) is 5.75 Å². The van der Waals surface area contributed by atoms with Gasteiger partial charge in [-0.3, -0.25) is 0 Å². The van der Waals surface area contributed by atoms with E-state index in [2.05, 4.69) is 15.9 Å². The van der Waals surface area contributed by atoms with Gasteiger partial charge >= 0.3 is 5.97 Å². The van der Waals surface area contributed by atoms with Gasteiger partial charge in [-0.1, -0.05) is 6.07 Å². The van der Waals surface area contributed by atoms with Crippen LogP contribution in [0.4, 0.5) is 0 Å². The highest BCUT2D eigenvalue weighted by Crippen LogP contribution is 2.26. The van der Waals surface area contributed by atoms with E-state index >= 15 is 0 Å². The Balaban J connectivity index is 2.57. The highest BCUT2D eigenvalue weighted by Gasteiger charge is 2.06. The lowest BCUT2D eigenvalue weighted by molar-refractivity contribution is -0.145. The fraction of sp³-hybridized carbons (Fsp3) is 0.417. The van der Waals surface area contributed by atoms with E-state index in [1.54, 1.807) is 6.92 Å². The van der Waals surface area contributed by atoms with Gasteiger partial charge < -0.3 is 15.2 Å². The molecule has 0 saturated heterocycles. The summed E-state index contributed by atoms with van der Waals surface area (Å²) in [6.07, 6.45) is 0.816. The van der Waals surface area contributed by atoms with Crippen LogP contribution in [0.3, 0.4) is 0 Å². The Morgan fingerprint density at radius 2 is 2.24 bits per heavy atom. The molecule has 94 valence electrons. The maximum atomic E-state index is 11.1. The van der Waals surface area contributed by atoms with Crippen LogP contribution in [0.15, 0.2) is 22.7 Å². The molecule has 0 aliphatic heterocycles. The normalized spacial score (nSPS) is 10.1. The van der Waals surface area contributed by atoms with E-state index < -0.39 is 0 Å². The maximum absolute atomic E-state index is 11.1. The van der Waals surface area contributed by atoms with E-state index in [0.29, 0.717) is 18.9 Å². The zero-order valence-electron chi connectivity index (χ0n) is 9.74. The molecular weight excluding hydrogens is 286 g/mol. The van der Waals surface area contributed by atoms with Gasteiger partial charge in [0.05, 0.1) is 11.1 Å². The first-order valence-electron chi connectivity index (χ1n) is 5.44. The molecule has 0 unspecified atom stereocenters. The van der Waals surface area contributed by atoms with Crippen LogP contribution in [0.2, 0.25) is 0 Å². The van der Waals surface area contributed by atoms with Gasteiger partial charge in [-0.15, -0.1) is 0 Å². The number of benzene rings is 1. The van der Waals surface area contributed by atoms with Crippen molar-refractivity contribution >= 4 is 21.9 Å². The van der Waals surface area contributed by atoms with Crippen LogP contribution in [0.1, 0.15) is 12.5 Å². The average molecular weight is 302 g/mol. The molecule has 0 spiro atoms. The number of hydrogen-bond acceptors (Lipinski definition) is 4. The predicted octanol–water partition coefficient (Wildman–Crippen LogP) is 1.89. The molecule has 17 heavy (non-hydrogen) atoms. The van der Waals surface area contributed by atoms with Crippen molar-refractivity contribution in [2.45, 2.75) is 13.3 Å². The number of ether oxygens (including phenoxy) is 2. The van der Waals surface area contributed by atoms with Gasteiger partial charge in [0.2, 0.25) is 0 Å². The molecule has 2 N–H and O–H groups in total. The van der Waals surface area contributed by atoms with Crippen molar-refractivity contribution in [3.8, 4) is 5.75 Å². The molecule has 1 rings (SSSR count). The smallest absolute Gasteiger partial charge is 0.344 e. The Bertz CT molecular complexity index is 382. The lowest BCUT2D eigenvalue weighted by atomic mass is 10.1. The van der Waals surface area contributed by atoms with Crippen LogP contribution < -0.4 is 10.5 Å². The Labute approximate surface area is 109 Å². The highest BCUT2D eigenvalue weighted by molar-refractivity contribution is 9.10. The first-order chi connectivity index (χ1) is 8.17. The van der Waals surface area contributed by atoms with Crippen molar-refractivity contribution in [2.75, 3.05) is 19.8 Å². The standard InChI is InChI=1S/C12H16BrNO3/c1-2-16-12(15)8-17-11-4-3-9(5-6-14)7-10(11)13/h3-4,7H,2,5-6,8,14H2,1H3. The van der Waals surface area contributed by atoms with Crippen LogP contribution in [0.25, 0.3) is 0 Å². The molecule has 0 aliphatic rings. The minimum absolute atomic E-state index is 0.0807. The van der Waals surface area contributed by atoms with Gasteiger partial charge in [-0.25, -0.2) is 4.79 Å². The molecule has 0 radical (unpaired) electrons. The predicted molar refractivity (Wildman–Crippen MR) is 69.0 cm³/mol.